The summed E-state index contributed by atoms with van der Waals surface area (Å²) in [6.07, 6.45) is 7.09. The lowest BCUT2D eigenvalue weighted by atomic mass is 9.99. The molecule has 5 heteroatoms. The van der Waals surface area contributed by atoms with Crippen LogP contribution in [0.4, 0.5) is 0 Å². The molecule has 0 aliphatic heterocycles. The van der Waals surface area contributed by atoms with E-state index in [4.69, 9.17) is 9.47 Å². The van der Waals surface area contributed by atoms with Gasteiger partial charge in [0.05, 0.1) is 12.1 Å². The van der Waals surface area contributed by atoms with Crippen molar-refractivity contribution in [3.8, 4) is 5.75 Å². The van der Waals surface area contributed by atoms with Crippen LogP contribution in [0.3, 0.4) is 0 Å². The lowest BCUT2D eigenvalue weighted by molar-refractivity contribution is -0.143. The van der Waals surface area contributed by atoms with Crippen LogP contribution in [-0.4, -0.2) is 22.8 Å². The largest absolute Gasteiger partial charge is 0.485 e. The highest BCUT2D eigenvalue weighted by atomic mass is 16.5. The van der Waals surface area contributed by atoms with Crippen molar-refractivity contribution in [2.45, 2.75) is 59.0 Å². The van der Waals surface area contributed by atoms with Crippen LogP contribution in [0, 0.1) is 5.92 Å². The number of esters is 1. The number of nitrogens with zero attached hydrogens (tertiary/aromatic N) is 1. The fourth-order valence-corrected chi connectivity index (χ4v) is 4.99. The standard InChI is InChI=1S/C35H39NO4/c1-5-10-33(27-16-14-26(15-17-27)23-25(3)4)40-30-20-18-28(19-21-30)35(38)31-24-29(11-9-13-34(37)39-6-2)36-22-8-7-12-32(31)36/h5,7-8,12,14-22,24-25,33H,1,6,9-11,13,23H2,2-4H3/t33-/m0/s1. The summed E-state index contributed by atoms with van der Waals surface area (Å²) < 4.78 is 13.4. The maximum atomic E-state index is 13.6. The topological polar surface area (TPSA) is 57.0 Å². The zero-order valence-corrected chi connectivity index (χ0v) is 23.8. The first kappa shape index (κ1) is 28.9. The van der Waals surface area contributed by atoms with Gasteiger partial charge in [-0.2, -0.15) is 0 Å². The maximum Gasteiger partial charge on any atom is 0.305 e. The van der Waals surface area contributed by atoms with Gasteiger partial charge in [0, 0.05) is 35.9 Å². The first-order valence-electron chi connectivity index (χ1n) is 14.1. The Morgan fingerprint density at radius 3 is 2.42 bits per heavy atom. The summed E-state index contributed by atoms with van der Waals surface area (Å²) in [5, 5.41) is 0. The molecule has 0 amide bonds. The number of hydrogen-bond acceptors (Lipinski definition) is 4. The minimum atomic E-state index is -0.194. The first-order valence-corrected chi connectivity index (χ1v) is 14.1. The van der Waals surface area contributed by atoms with Crippen molar-refractivity contribution in [1.82, 2.24) is 4.40 Å². The van der Waals surface area contributed by atoms with E-state index in [0.717, 1.165) is 23.2 Å². The summed E-state index contributed by atoms with van der Waals surface area (Å²) in [7, 11) is 0. The second-order valence-electron chi connectivity index (χ2n) is 10.5. The number of aryl methyl sites for hydroxylation is 1. The van der Waals surface area contributed by atoms with Crippen molar-refractivity contribution >= 4 is 17.3 Å². The number of aromatic nitrogens is 1. The van der Waals surface area contributed by atoms with Crippen molar-refractivity contribution in [2.75, 3.05) is 6.61 Å². The number of ether oxygens (including phenoxy) is 2. The number of hydrogen-bond donors (Lipinski definition) is 0. The van der Waals surface area contributed by atoms with E-state index in [1.165, 1.54) is 5.56 Å². The smallest absolute Gasteiger partial charge is 0.305 e. The first-order chi connectivity index (χ1) is 19.4. The van der Waals surface area contributed by atoms with Gasteiger partial charge in [0.1, 0.15) is 11.9 Å². The van der Waals surface area contributed by atoms with Gasteiger partial charge in [-0.25, -0.2) is 0 Å². The molecule has 0 unspecified atom stereocenters. The monoisotopic (exact) mass is 537 g/mol. The van der Waals surface area contributed by atoms with Gasteiger partial charge in [0.15, 0.2) is 5.78 Å². The normalized spacial score (nSPS) is 11.9. The van der Waals surface area contributed by atoms with Crippen molar-refractivity contribution in [2.24, 2.45) is 5.92 Å². The van der Waals surface area contributed by atoms with E-state index >= 15 is 0 Å². The Labute approximate surface area is 237 Å². The van der Waals surface area contributed by atoms with Crippen LogP contribution in [0.5, 0.6) is 5.75 Å². The number of carbonyl (C=O) groups excluding carboxylic acids is 2. The van der Waals surface area contributed by atoms with Crippen LogP contribution >= 0.6 is 0 Å². The minimum absolute atomic E-state index is 0.0460. The molecule has 0 spiro atoms. The number of ketones is 1. The Hall–Kier alpha value is -4.12. The fourth-order valence-electron chi connectivity index (χ4n) is 4.99. The van der Waals surface area contributed by atoms with Crippen molar-refractivity contribution in [3.63, 3.8) is 0 Å². The Balaban J connectivity index is 1.48. The molecule has 2 aromatic carbocycles. The lowest BCUT2D eigenvalue weighted by Gasteiger charge is -2.19. The van der Waals surface area contributed by atoms with Gasteiger partial charge >= 0.3 is 5.97 Å². The summed E-state index contributed by atoms with van der Waals surface area (Å²) in [5.41, 5.74) is 5.51. The van der Waals surface area contributed by atoms with Gasteiger partial charge in [-0.1, -0.05) is 50.3 Å². The van der Waals surface area contributed by atoms with Crippen LogP contribution in [0.2, 0.25) is 0 Å². The van der Waals surface area contributed by atoms with Crippen LogP contribution in [0.25, 0.3) is 5.52 Å². The quantitative estimate of drug-likeness (QED) is 0.0930. The van der Waals surface area contributed by atoms with E-state index in [9.17, 15) is 9.59 Å². The number of rotatable bonds is 14. The summed E-state index contributed by atoms with van der Waals surface area (Å²) in [5.74, 6) is 1.08. The van der Waals surface area contributed by atoms with Gasteiger partial charge in [0.25, 0.3) is 0 Å². The third-order valence-electron chi connectivity index (χ3n) is 6.89. The molecule has 0 bridgehead atoms. The minimum Gasteiger partial charge on any atom is -0.485 e. The average Bonchev–Trinajstić information content (AvgIpc) is 3.32. The highest BCUT2D eigenvalue weighted by Gasteiger charge is 2.18. The molecule has 0 radical (unpaired) electrons. The Bertz CT molecular complexity index is 1430. The molecule has 5 nitrogen and oxygen atoms in total. The SMILES string of the molecule is C=CC[C@H](Oc1ccc(C(=O)c2cc(CCCC(=O)OCC)n3ccccc23)cc1)c1ccc(CC(C)C)cc1. The van der Waals surface area contributed by atoms with Crippen LogP contribution < -0.4 is 4.74 Å². The predicted octanol–water partition coefficient (Wildman–Crippen LogP) is 7.95. The number of fused-ring (bicyclic) bond motifs is 1. The molecule has 0 saturated heterocycles. The van der Waals surface area contributed by atoms with Gasteiger partial charge in [-0.3, -0.25) is 9.59 Å². The second kappa shape index (κ2) is 13.8. The predicted molar refractivity (Wildman–Crippen MR) is 160 cm³/mol. The summed E-state index contributed by atoms with van der Waals surface area (Å²) >= 11 is 0. The molecule has 0 aliphatic carbocycles. The Morgan fingerprint density at radius 1 is 1.00 bits per heavy atom. The second-order valence-corrected chi connectivity index (χ2v) is 10.5. The highest BCUT2D eigenvalue weighted by Crippen LogP contribution is 2.28. The number of carbonyl (C=O) groups is 2. The number of benzene rings is 2. The Kier molecular flexibility index (Phi) is 9.96. The molecule has 0 saturated carbocycles. The molecule has 2 heterocycles. The molecule has 1 atom stereocenters. The molecular formula is C35H39NO4. The molecule has 2 aromatic heterocycles. The van der Waals surface area contributed by atoms with Crippen molar-refractivity contribution in [1.29, 1.82) is 0 Å². The number of pyridine rings is 1. The van der Waals surface area contributed by atoms with E-state index in [0.29, 0.717) is 55.1 Å². The zero-order chi connectivity index (χ0) is 28.5. The fraction of sp³-hybridized carbons (Fsp3) is 0.314. The molecule has 0 fully saturated rings. The summed E-state index contributed by atoms with van der Waals surface area (Å²) in [6.45, 7) is 10.5. The van der Waals surface area contributed by atoms with E-state index in [1.807, 2.05) is 65.2 Å². The van der Waals surface area contributed by atoms with Crippen LogP contribution in [0.15, 0.2) is 91.6 Å². The van der Waals surface area contributed by atoms with Gasteiger partial charge in [0.2, 0.25) is 0 Å². The Morgan fingerprint density at radius 2 is 1.75 bits per heavy atom. The van der Waals surface area contributed by atoms with Crippen molar-refractivity contribution < 1.29 is 19.1 Å². The van der Waals surface area contributed by atoms with Crippen LogP contribution in [-0.2, 0) is 22.4 Å². The van der Waals surface area contributed by atoms with E-state index in [1.54, 1.807) is 6.92 Å². The van der Waals surface area contributed by atoms with Crippen LogP contribution in [0.1, 0.15) is 78.9 Å². The zero-order valence-electron chi connectivity index (χ0n) is 23.8. The van der Waals surface area contributed by atoms with Gasteiger partial charge < -0.3 is 13.9 Å². The third kappa shape index (κ3) is 7.29. The third-order valence-corrected chi connectivity index (χ3v) is 6.89. The highest BCUT2D eigenvalue weighted by molar-refractivity contribution is 6.13. The lowest BCUT2D eigenvalue weighted by Crippen LogP contribution is -2.07. The summed E-state index contributed by atoms with van der Waals surface area (Å²) in [6, 6.07) is 23.7. The molecule has 4 aromatic rings. The van der Waals surface area contributed by atoms with E-state index < -0.39 is 0 Å². The summed E-state index contributed by atoms with van der Waals surface area (Å²) in [4.78, 5) is 25.3. The van der Waals surface area contributed by atoms with E-state index in [-0.39, 0.29) is 17.9 Å². The molecule has 0 aliphatic rings. The van der Waals surface area contributed by atoms with Gasteiger partial charge in [-0.05, 0) is 85.7 Å². The average molecular weight is 538 g/mol. The molecule has 40 heavy (non-hydrogen) atoms. The molecular weight excluding hydrogens is 498 g/mol. The van der Waals surface area contributed by atoms with Gasteiger partial charge in [-0.15, -0.1) is 6.58 Å². The molecule has 208 valence electrons. The molecule has 4 rings (SSSR count). The van der Waals surface area contributed by atoms with Crippen molar-refractivity contribution in [3.05, 3.63) is 120 Å². The van der Waals surface area contributed by atoms with E-state index in [2.05, 4.69) is 44.7 Å². The molecule has 0 N–H and O–H groups in total. The maximum absolute atomic E-state index is 13.6.